The molecule has 3 N–H and O–H groups in total. The third kappa shape index (κ3) is 5.65. The fraction of sp³-hybridized carbons (Fsp3) is 0.462. The number of nitrogens with one attached hydrogen (secondary N) is 1. The van der Waals surface area contributed by atoms with Gasteiger partial charge in [-0.1, -0.05) is 6.07 Å². The lowest BCUT2D eigenvalue weighted by atomic mass is 10.2. The molecule has 0 aromatic heterocycles. The summed E-state index contributed by atoms with van der Waals surface area (Å²) in [6.07, 6.45) is 1.16. The minimum Gasteiger partial charge on any atom is -0.492 e. The van der Waals surface area contributed by atoms with Crippen LogP contribution in [-0.2, 0) is 9.53 Å². The van der Waals surface area contributed by atoms with Crippen LogP contribution in [0.25, 0.3) is 0 Å². The number of benzene rings is 1. The Morgan fingerprint density at radius 1 is 1.39 bits per heavy atom. The molecule has 0 aliphatic carbocycles. The second kappa shape index (κ2) is 8.49. The van der Waals surface area contributed by atoms with Gasteiger partial charge in [-0.3, -0.25) is 4.79 Å². The Balaban J connectivity index is 2.43. The number of ether oxygens (including phenoxy) is 2. The van der Waals surface area contributed by atoms with Gasteiger partial charge in [0.15, 0.2) is 0 Å². The molecule has 0 radical (unpaired) electrons. The zero-order valence-corrected chi connectivity index (χ0v) is 10.6. The van der Waals surface area contributed by atoms with Crippen molar-refractivity contribution in [2.24, 2.45) is 5.73 Å². The molecule has 0 saturated heterocycles. The molecule has 5 heteroatoms. The Labute approximate surface area is 107 Å². The van der Waals surface area contributed by atoms with E-state index in [4.69, 9.17) is 15.2 Å². The Morgan fingerprint density at radius 3 is 2.94 bits per heavy atom. The van der Waals surface area contributed by atoms with Crippen molar-refractivity contribution in [2.45, 2.75) is 12.8 Å². The average Bonchev–Trinajstić information content (AvgIpc) is 2.37. The van der Waals surface area contributed by atoms with Crippen molar-refractivity contribution >= 4 is 11.6 Å². The van der Waals surface area contributed by atoms with Crippen LogP contribution < -0.4 is 15.8 Å². The topological polar surface area (TPSA) is 73.6 Å². The standard InChI is InChI=1S/C13H20N2O3/c1-17-8-3-6-13(16)15-11-4-2-5-12(10-11)18-9-7-14/h2,4-5,10H,3,6-9,14H2,1H3,(H,15,16). The second-order valence-corrected chi connectivity index (χ2v) is 3.81. The van der Waals surface area contributed by atoms with Gasteiger partial charge in [-0.2, -0.15) is 0 Å². The van der Waals surface area contributed by atoms with Crippen LogP contribution in [0.3, 0.4) is 0 Å². The molecule has 0 spiro atoms. The lowest BCUT2D eigenvalue weighted by molar-refractivity contribution is -0.116. The van der Waals surface area contributed by atoms with E-state index in [0.717, 1.165) is 5.69 Å². The molecule has 5 nitrogen and oxygen atoms in total. The molecule has 0 bridgehead atoms. The van der Waals surface area contributed by atoms with Crippen LogP contribution in [0.1, 0.15) is 12.8 Å². The van der Waals surface area contributed by atoms with E-state index < -0.39 is 0 Å². The number of hydrogen-bond donors (Lipinski definition) is 2. The van der Waals surface area contributed by atoms with Crippen molar-refractivity contribution in [1.29, 1.82) is 0 Å². The predicted octanol–water partition coefficient (Wildman–Crippen LogP) is 1.39. The summed E-state index contributed by atoms with van der Waals surface area (Å²) in [6, 6.07) is 7.26. The van der Waals surface area contributed by atoms with Crippen molar-refractivity contribution in [3.05, 3.63) is 24.3 Å². The van der Waals surface area contributed by atoms with Crippen molar-refractivity contribution in [3.8, 4) is 5.75 Å². The number of carbonyl (C=O) groups excluding carboxylic acids is 1. The smallest absolute Gasteiger partial charge is 0.224 e. The first kappa shape index (κ1) is 14.5. The van der Waals surface area contributed by atoms with Crippen molar-refractivity contribution in [3.63, 3.8) is 0 Å². The van der Waals surface area contributed by atoms with E-state index in [9.17, 15) is 4.79 Å². The summed E-state index contributed by atoms with van der Waals surface area (Å²) in [5, 5.41) is 2.81. The number of rotatable bonds is 8. The lowest BCUT2D eigenvalue weighted by Crippen LogP contribution is -2.13. The van der Waals surface area contributed by atoms with Gasteiger partial charge in [0.25, 0.3) is 0 Å². The Kier molecular flexibility index (Phi) is 6.83. The number of carbonyl (C=O) groups is 1. The molecule has 1 rings (SSSR count). The second-order valence-electron chi connectivity index (χ2n) is 3.81. The van der Waals surface area contributed by atoms with Gasteiger partial charge in [0.2, 0.25) is 5.91 Å². The fourth-order valence-corrected chi connectivity index (χ4v) is 1.44. The van der Waals surface area contributed by atoms with Crippen LogP contribution in [0.5, 0.6) is 5.75 Å². The van der Waals surface area contributed by atoms with E-state index in [0.29, 0.717) is 38.3 Å². The molecule has 0 saturated carbocycles. The molecule has 0 unspecified atom stereocenters. The number of amides is 1. The fourth-order valence-electron chi connectivity index (χ4n) is 1.44. The monoisotopic (exact) mass is 252 g/mol. The summed E-state index contributed by atoms with van der Waals surface area (Å²) in [5.41, 5.74) is 6.09. The first-order valence-corrected chi connectivity index (χ1v) is 5.98. The first-order valence-electron chi connectivity index (χ1n) is 5.98. The molecule has 1 aromatic carbocycles. The molecular formula is C13H20N2O3. The molecule has 0 fully saturated rings. The largest absolute Gasteiger partial charge is 0.492 e. The number of nitrogens with two attached hydrogens (primary N) is 1. The predicted molar refractivity (Wildman–Crippen MR) is 70.7 cm³/mol. The summed E-state index contributed by atoms with van der Waals surface area (Å²) in [5.74, 6) is 0.679. The van der Waals surface area contributed by atoms with Gasteiger partial charge in [0.05, 0.1) is 0 Å². The highest BCUT2D eigenvalue weighted by Gasteiger charge is 2.03. The number of methoxy groups -OCH3 is 1. The van der Waals surface area contributed by atoms with E-state index in [1.165, 1.54) is 0 Å². The van der Waals surface area contributed by atoms with Crippen LogP contribution in [0.2, 0.25) is 0 Å². The van der Waals surface area contributed by atoms with Gasteiger partial charge in [0, 0.05) is 38.4 Å². The van der Waals surface area contributed by atoms with Crippen molar-refractivity contribution in [2.75, 3.05) is 32.2 Å². The highest BCUT2D eigenvalue weighted by Crippen LogP contribution is 2.17. The third-order valence-electron chi connectivity index (χ3n) is 2.26. The zero-order chi connectivity index (χ0) is 13.2. The summed E-state index contributed by atoms with van der Waals surface area (Å²) >= 11 is 0. The Morgan fingerprint density at radius 2 is 2.22 bits per heavy atom. The van der Waals surface area contributed by atoms with Gasteiger partial charge < -0.3 is 20.5 Å². The molecular weight excluding hydrogens is 232 g/mol. The average molecular weight is 252 g/mol. The van der Waals surface area contributed by atoms with E-state index in [-0.39, 0.29) is 5.91 Å². The number of anilines is 1. The minimum atomic E-state index is -0.0250. The third-order valence-corrected chi connectivity index (χ3v) is 2.26. The van der Waals surface area contributed by atoms with Crippen LogP contribution in [0, 0.1) is 0 Å². The lowest BCUT2D eigenvalue weighted by Gasteiger charge is -2.08. The van der Waals surface area contributed by atoms with Crippen LogP contribution in [-0.4, -0.2) is 32.8 Å². The Bertz CT molecular complexity index is 369. The van der Waals surface area contributed by atoms with Crippen LogP contribution in [0.4, 0.5) is 5.69 Å². The molecule has 100 valence electrons. The molecule has 0 heterocycles. The van der Waals surface area contributed by atoms with Gasteiger partial charge in [-0.25, -0.2) is 0 Å². The maximum Gasteiger partial charge on any atom is 0.224 e. The number of hydrogen-bond acceptors (Lipinski definition) is 4. The summed E-state index contributed by atoms with van der Waals surface area (Å²) < 4.78 is 10.3. The van der Waals surface area contributed by atoms with Gasteiger partial charge in [0.1, 0.15) is 12.4 Å². The Hall–Kier alpha value is -1.59. The van der Waals surface area contributed by atoms with Gasteiger partial charge in [-0.15, -0.1) is 0 Å². The molecule has 0 atom stereocenters. The van der Waals surface area contributed by atoms with E-state index >= 15 is 0 Å². The highest BCUT2D eigenvalue weighted by atomic mass is 16.5. The normalized spacial score (nSPS) is 10.1. The maximum atomic E-state index is 11.6. The van der Waals surface area contributed by atoms with Crippen LogP contribution in [0.15, 0.2) is 24.3 Å². The van der Waals surface area contributed by atoms with E-state index in [1.807, 2.05) is 18.2 Å². The maximum absolute atomic E-state index is 11.6. The van der Waals surface area contributed by atoms with Gasteiger partial charge in [-0.05, 0) is 18.6 Å². The molecule has 0 aliphatic heterocycles. The molecule has 1 aromatic rings. The van der Waals surface area contributed by atoms with Crippen LogP contribution >= 0.6 is 0 Å². The van der Waals surface area contributed by atoms with Crippen molar-refractivity contribution < 1.29 is 14.3 Å². The van der Waals surface area contributed by atoms with Crippen molar-refractivity contribution in [1.82, 2.24) is 0 Å². The summed E-state index contributed by atoms with van der Waals surface area (Å²) in [7, 11) is 1.62. The SMILES string of the molecule is COCCCC(=O)Nc1cccc(OCCN)c1. The minimum absolute atomic E-state index is 0.0250. The highest BCUT2D eigenvalue weighted by molar-refractivity contribution is 5.90. The molecule has 0 aliphatic rings. The quantitative estimate of drug-likeness (QED) is 0.686. The first-order chi connectivity index (χ1) is 8.76. The zero-order valence-electron chi connectivity index (χ0n) is 10.6. The van der Waals surface area contributed by atoms with E-state index in [2.05, 4.69) is 5.32 Å². The van der Waals surface area contributed by atoms with E-state index in [1.54, 1.807) is 13.2 Å². The molecule has 1 amide bonds. The molecule has 18 heavy (non-hydrogen) atoms. The van der Waals surface area contributed by atoms with Gasteiger partial charge >= 0.3 is 0 Å². The summed E-state index contributed by atoms with van der Waals surface area (Å²) in [6.45, 7) is 1.52. The summed E-state index contributed by atoms with van der Waals surface area (Å²) in [4.78, 5) is 11.6.